The van der Waals surface area contributed by atoms with E-state index in [0.29, 0.717) is 11.4 Å². The van der Waals surface area contributed by atoms with E-state index < -0.39 is 4.92 Å². The number of hydrogen-bond acceptors (Lipinski definition) is 5. The van der Waals surface area contributed by atoms with Crippen molar-refractivity contribution in [3.63, 3.8) is 0 Å². The molecule has 2 rings (SSSR count). The van der Waals surface area contributed by atoms with Gasteiger partial charge in [0, 0.05) is 34.5 Å². The number of anilines is 1. The second-order valence-electron chi connectivity index (χ2n) is 4.12. The van der Waals surface area contributed by atoms with Crippen LogP contribution in [0.3, 0.4) is 0 Å². The maximum Gasteiger partial charge on any atom is 0.269 e. The van der Waals surface area contributed by atoms with Crippen molar-refractivity contribution >= 4 is 23.1 Å². The second kappa shape index (κ2) is 6.29. The summed E-state index contributed by atoms with van der Waals surface area (Å²) in [6.07, 6.45) is 0. The Morgan fingerprint density at radius 2 is 1.95 bits per heavy atom. The van der Waals surface area contributed by atoms with Gasteiger partial charge in [-0.15, -0.1) is 11.8 Å². The van der Waals surface area contributed by atoms with Crippen LogP contribution in [0.1, 0.15) is 5.56 Å². The molecule has 0 aliphatic heterocycles. The molecule has 0 heterocycles. The zero-order valence-corrected chi connectivity index (χ0v) is 11.7. The summed E-state index contributed by atoms with van der Waals surface area (Å²) < 4.78 is 5.28. The Hall–Kier alpha value is -2.21. The SMILES string of the molecule is COc1cc(N)ccc1SCc1ccc([N+](=O)[O-])cc1. The predicted molar refractivity (Wildman–Crippen MR) is 80.1 cm³/mol. The first-order valence-corrected chi connectivity index (χ1v) is 6.88. The van der Waals surface area contributed by atoms with E-state index in [1.807, 2.05) is 12.1 Å². The number of nitrogens with zero attached hydrogens (tertiary/aromatic N) is 1. The molecule has 0 aliphatic carbocycles. The summed E-state index contributed by atoms with van der Waals surface area (Å²) in [6, 6.07) is 12.0. The number of thioether (sulfide) groups is 1. The van der Waals surface area contributed by atoms with Crippen LogP contribution in [0, 0.1) is 10.1 Å². The van der Waals surface area contributed by atoms with Crippen molar-refractivity contribution in [1.29, 1.82) is 0 Å². The summed E-state index contributed by atoms with van der Waals surface area (Å²) in [7, 11) is 1.60. The molecule has 5 nitrogen and oxygen atoms in total. The number of nitrogen functional groups attached to an aromatic ring is 1. The van der Waals surface area contributed by atoms with Crippen LogP contribution in [-0.2, 0) is 5.75 Å². The largest absolute Gasteiger partial charge is 0.496 e. The smallest absolute Gasteiger partial charge is 0.269 e. The molecule has 0 fully saturated rings. The summed E-state index contributed by atoms with van der Waals surface area (Å²) in [5.41, 5.74) is 7.47. The van der Waals surface area contributed by atoms with E-state index >= 15 is 0 Å². The molecule has 0 spiro atoms. The molecule has 0 atom stereocenters. The van der Waals surface area contributed by atoms with Gasteiger partial charge in [0.1, 0.15) is 5.75 Å². The third-order valence-electron chi connectivity index (χ3n) is 2.73. The monoisotopic (exact) mass is 290 g/mol. The molecule has 0 aromatic heterocycles. The summed E-state index contributed by atoms with van der Waals surface area (Å²) in [6.45, 7) is 0. The topological polar surface area (TPSA) is 78.4 Å². The fourth-order valence-corrected chi connectivity index (χ4v) is 2.64. The quantitative estimate of drug-likeness (QED) is 0.395. The van der Waals surface area contributed by atoms with Gasteiger partial charge in [0.15, 0.2) is 0 Å². The van der Waals surface area contributed by atoms with Crippen molar-refractivity contribution in [2.75, 3.05) is 12.8 Å². The number of nitro groups is 1. The van der Waals surface area contributed by atoms with E-state index in [9.17, 15) is 10.1 Å². The zero-order chi connectivity index (χ0) is 14.5. The number of ether oxygens (including phenoxy) is 1. The molecule has 0 amide bonds. The highest BCUT2D eigenvalue weighted by Crippen LogP contribution is 2.33. The van der Waals surface area contributed by atoms with Gasteiger partial charge in [-0.05, 0) is 17.7 Å². The van der Waals surface area contributed by atoms with Gasteiger partial charge in [-0.2, -0.15) is 0 Å². The van der Waals surface area contributed by atoms with Crippen LogP contribution in [0.2, 0.25) is 0 Å². The summed E-state index contributed by atoms with van der Waals surface area (Å²) in [5, 5.41) is 10.6. The fraction of sp³-hybridized carbons (Fsp3) is 0.143. The van der Waals surface area contributed by atoms with Gasteiger partial charge < -0.3 is 10.5 Å². The van der Waals surface area contributed by atoms with Crippen LogP contribution in [0.4, 0.5) is 11.4 Å². The van der Waals surface area contributed by atoms with Crippen LogP contribution in [0.15, 0.2) is 47.4 Å². The number of nitro benzene ring substituents is 1. The van der Waals surface area contributed by atoms with Crippen LogP contribution < -0.4 is 10.5 Å². The van der Waals surface area contributed by atoms with Crippen LogP contribution in [-0.4, -0.2) is 12.0 Å². The van der Waals surface area contributed by atoms with Crippen molar-refractivity contribution in [3.05, 3.63) is 58.1 Å². The van der Waals surface area contributed by atoms with Crippen molar-refractivity contribution < 1.29 is 9.66 Å². The number of methoxy groups -OCH3 is 1. The van der Waals surface area contributed by atoms with Gasteiger partial charge >= 0.3 is 0 Å². The zero-order valence-electron chi connectivity index (χ0n) is 10.9. The Morgan fingerprint density at radius 3 is 2.55 bits per heavy atom. The highest BCUT2D eigenvalue weighted by molar-refractivity contribution is 7.98. The molecule has 0 bridgehead atoms. The number of nitrogens with two attached hydrogens (primary N) is 1. The minimum absolute atomic E-state index is 0.101. The standard InChI is InChI=1S/C14H14N2O3S/c1-19-13-8-11(15)4-7-14(13)20-9-10-2-5-12(6-3-10)16(17)18/h2-8H,9,15H2,1H3. The molecule has 0 aliphatic rings. The molecule has 104 valence electrons. The highest BCUT2D eigenvalue weighted by Gasteiger charge is 2.07. The van der Waals surface area contributed by atoms with E-state index in [-0.39, 0.29) is 5.69 Å². The van der Waals surface area contributed by atoms with E-state index in [1.165, 1.54) is 12.1 Å². The highest BCUT2D eigenvalue weighted by atomic mass is 32.2. The summed E-state index contributed by atoms with van der Waals surface area (Å²) in [5.74, 6) is 1.44. The molecular weight excluding hydrogens is 276 g/mol. The van der Waals surface area contributed by atoms with E-state index in [2.05, 4.69) is 0 Å². The van der Waals surface area contributed by atoms with Gasteiger partial charge in [0.05, 0.1) is 12.0 Å². The normalized spacial score (nSPS) is 10.2. The van der Waals surface area contributed by atoms with Crippen molar-refractivity contribution in [3.8, 4) is 5.75 Å². The van der Waals surface area contributed by atoms with Gasteiger partial charge in [-0.1, -0.05) is 12.1 Å². The minimum Gasteiger partial charge on any atom is -0.496 e. The van der Waals surface area contributed by atoms with Crippen LogP contribution in [0.25, 0.3) is 0 Å². The lowest BCUT2D eigenvalue weighted by molar-refractivity contribution is -0.384. The third-order valence-corrected chi connectivity index (χ3v) is 3.86. The minimum atomic E-state index is -0.403. The summed E-state index contributed by atoms with van der Waals surface area (Å²) >= 11 is 1.60. The summed E-state index contributed by atoms with van der Waals surface area (Å²) in [4.78, 5) is 11.2. The molecule has 6 heteroatoms. The maximum absolute atomic E-state index is 10.6. The Bertz CT molecular complexity index is 614. The van der Waals surface area contributed by atoms with Crippen LogP contribution >= 0.6 is 11.8 Å². The number of rotatable bonds is 5. The van der Waals surface area contributed by atoms with Crippen molar-refractivity contribution in [2.24, 2.45) is 0 Å². The first kappa shape index (κ1) is 14.2. The number of benzene rings is 2. The second-order valence-corrected chi connectivity index (χ2v) is 5.14. The van der Waals surface area contributed by atoms with Gasteiger partial charge in [0.2, 0.25) is 0 Å². The molecule has 0 unspecified atom stereocenters. The first-order valence-electron chi connectivity index (χ1n) is 5.90. The van der Waals surface area contributed by atoms with E-state index in [1.54, 1.807) is 37.1 Å². The molecule has 20 heavy (non-hydrogen) atoms. The Labute approximate surface area is 120 Å². The molecule has 2 aromatic rings. The molecular formula is C14H14N2O3S. The Balaban J connectivity index is 2.06. The lowest BCUT2D eigenvalue weighted by Crippen LogP contribution is -1.91. The average molecular weight is 290 g/mol. The number of hydrogen-bond donors (Lipinski definition) is 1. The number of non-ortho nitro benzene ring substituents is 1. The lowest BCUT2D eigenvalue weighted by Gasteiger charge is -2.08. The molecule has 0 saturated heterocycles. The van der Waals surface area contributed by atoms with E-state index in [0.717, 1.165) is 16.2 Å². The molecule has 2 aromatic carbocycles. The Kier molecular flexibility index (Phi) is 4.47. The van der Waals surface area contributed by atoms with Gasteiger partial charge in [0.25, 0.3) is 5.69 Å². The third kappa shape index (κ3) is 3.42. The van der Waals surface area contributed by atoms with Crippen LogP contribution in [0.5, 0.6) is 5.75 Å². The first-order chi connectivity index (χ1) is 9.60. The predicted octanol–water partition coefficient (Wildman–Crippen LogP) is 3.48. The lowest BCUT2D eigenvalue weighted by atomic mass is 10.2. The van der Waals surface area contributed by atoms with Gasteiger partial charge in [-0.25, -0.2) is 0 Å². The fourth-order valence-electron chi connectivity index (χ4n) is 1.68. The molecule has 2 N–H and O–H groups in total. The van der Waals surface area contributed by atoms with Crippen molar-refractivity contribution in [1.82, 2.24) is 0 Å². The van der Waals surface area contributed by atoms with E-state index in [4.69, 9.17) is 10.5 Å². The van der Waals surface area contributed by atoms with Gasteiger partial charge in [-0.3, -0.25) is 10.1 Å². The maximum atomic E-state index is 10.6. The molecule has 0 radical (unpaired) electrons. The van der Waals surface area contributed by atoms with Crippen molar-refractivity contribution in [2.45, 2.75) is 10.6 Å². The average Bonchev–Trinajstić information content (AvgIpc) is 2.46. The molecule has 0 saturated carbocycles. The Morgan fingerprint density at radius 1 is 1.25 bits per heavy atom.